The molecule has 9 heteroatoms. The summed E-state index contributed by atoms with van der Waals surface area (Å²) in [6.45, 7) is 3.70. The molecular formula is C18H21N3O4S2. The van der Waals surface area contributed by atoms with E-state index in [0.717, 1.165) is 4.90 Å². The van der Waals surface area contributed by atoms with E-state index >= 15 is 0 Å². The summed E-state index contributed by atoms with van der Waals surface area (Å²) in [7, 11) is -3.14. The van der Waals surface area contributed by atoms with Crippen molar-refractivity contribution in [3.63, 3.8) is 0 Å². The fourth-order valence-corrected chi connectivity index (χ4v) is 5.47. The number of nitrogens with zero attached hydrogens (tertiary/aromatic N) is 2. The van der Waals surface area contributed by atoms with Crippen LogP contribution in [0, 0.1) is 0 Å². The summed E-state index contributed by atoms with van der Waals surface area (Å²) in [4.78, 5) is 25.7. The number of rotatable bonds is 6. The number of benzene rings is 1. The summed E-state index contributed by atoms with van der Waals surface area (Å²) in [6.07, 6.45) is 2.53. The fourth-order valence-electron chi connectivity index (χ4n) is 3.03. The average Bonchev–Trinajstić information content (AvgIpc) is 3.01. The molecule has 144 valence electrons. The van der Waals surface area contributed by atoms with Crippen LogP contribution < -0.4 is 5.32 Å². The number of hydrazone groups is 1. The zero-order chi connectivity index (χ0) is 19.4. The molecule has 0 saturated carbocycles. The number of thioether (sulfide) groups is 1. The average molecular weight is 408 g/mol. The molecule has 1 atom stereocenters. The van der Waals surface area contributed by atoms with Gasteiger partial charge in [0.1, 0.15) is 5.71 Å². The lowest BCUT2D eigenvalue weighted by Gasteiger charge is -2.27. The van der Waals surface area contributed by atoms with E-state index in [4.69, 9.17) is 0 Å². The first kappa shape index (κ1) is 19.6. The number of carbonyl (C=O) groups excluding carboxylic acids is 2. The molecule has 0 spiro atoms. The lowest BCUT2D eigenvalue weighted by Crippen LogP contribution is -2.42. The first-order valence-electron chi connectivity index (χ1n) is 8.63. The number of hydrogen-bond donors (Lipinski definition) is 1. The van der Waals surface area contributed by atoms with Gasteiger partial charge in [0.05, 0.1) is 23.2 Å². The van der Waals surface area contributed by atoms with E-state index in [1.165, 1.54) is 5.01 Å². The van der Waals surface area contributed by atoms with Crippen molar-refractivity contribution in [2.75, 3.05) is 22.6 Å². The molecule has 7 nitrogen and oxygen atoms in total. The molecule has 1 N–H and O–H groups in total. The quantitative estimate of drug-likeness (QED) is 0.575. The molecule has 27 heavy (non-hydrogen) atoms. The molecule has 0 aliphatic carbocycles. The van der Waals surface area contributed by atoms with Crippen LogP contribution in [0.2, 0.25) is 0 Å². The first-order chi connectivity index (χ1) is 12.9. The maximum Gasteiger partial charge on any atom is 0.271 e. The zero-order valence-corrected chi connectivity index (χ0v) is 16.4. The highest BCUT2D eigenvalue weighted by molar-refractivity contribution is 7.99. The van der Waals surface area contributed by atoms with Gasteiger partial charge in [-0.2, -0.15) is 5.10 Å². The Kier molecular flexibility index (Phi) is 6.01. The number of hydrogen-bond acceptors (Lipinski definition) is 6. The summed E-state index contributed by atoms with van der Waals surface area (Å²) in [5.41, 5.74) is 0.909. The van der Waals surface area contributed by atoms with Crippen molar-refractivity contribution in [1.29, 1.82) is 0 Å². The monoisotopic (exact) mass is 407 g/mol. The molecule has 1 aromatic carbocycles. The van der Waals surface area contributed by atoms with Crippen LogP contribution in [-0.2, 0) is 19.4 Å². The second kappa shape index (κ2) is 8.26. The van der Waals surface area contributed by atoms with Gasteiger partial charge in [-0.15, -0.1) is 18.3 Å². The maximum absolute atomic E-state index is 12.7. The van der Waals surface area contributed by atoms with Crippen molar-refractivity contribution in [1.82, 2.24) is 5.01 Å². The predicted octanol–water partition coefficient (Wildman–Crippen LogP) is 2.07. The van der Waals surface area contributed by atoms with Crippen LogP contribution >= 0.6 is 11.8 Å². The Bertz CT molecular complexity index is 896. The zero-order valence-electron chi connectivity index (χ0n) is 14.8. The van der Waals surface area contributed by atoms with E-state index in [1.807, 2.05) is 18.2 Å². The van der Waals surface area contributed by atoms with Gasteiger partial charge in [0.2, 0.25) is 5.91 Å². The number of nitrogens with one attached hydrogen (secondary N) is 1. The molecule has 1 unspecified atom stereocenters. The second-order valence-electron chi connectivity index (χ2n) is 6.39. The summed E-state index contributed by atoms with van der Waals surface area (Å²) < 4.78 is 23.4. The Morgan fingerprint density at radius 1 is 1.37 bits per heavy atom. The van der Waals surface area contributed by atoms with Crippen LogP contribution in [0.1, 0.15) is 19.3 Å². The highest BCUT2D eigenvalue weighted by Gasteiger charge is 2.37. The van der Waals surface area contributed by atoms with Crippen molar-refractivity contribution in [2.24, 2.45) is 5.10 Å². The van der Waals surface area contributed by atoms with Gasteiger partial charge in [-0.1, -0.05) is 18.2 Å². The fraction of sp³-hybridized carbons (Fsp3) is 0.389. The lowest BCUT2D eigenvalue weighted by molar-refractivity contribution is -0.133. The van der Waals surface area contributed by atoms with Crippen LogP contribution in [0.3, 0.4) is 0 Å². The van der Waals surface area contributed by atoms with Crippen LogP contribution in [0.5, 0.6) is 0 Å². The highest BCUT2D eigenvalue weighted by Crippen LogP contribution is 2.27. The van der Waals surface area contributed by atoms with Crippen LogP contribution in [0.15, 0.2) is 46.9 Å². The predicted molar refractivity (Wildman–Crippen MR) is 107 cm³/mol. The molecule has 1 aromatic rings. The topological polar surface area (TPSA) is 95.9 Å². The van der Waals surface area contributed by atoms with E-state index in [-0.39, 0.29) is 41.9 Å². The highest BCUT2D eigenvalue weighted by atomic mass is 32.2. The van der Waals surface area contributed by atoms with E-state index in [1.54, 1.807) is 23.9 Å². The van der Waals surface area contributed by atoms with Gasteiger partial charge in [-0.25, -0.2) is 13.4 Å². The Hall–Kier alpha value is -2.13. The number of anilines is 1. The van der Waals surface area contributed by atoms with Gasteiger partial charge in [0, 0.05) is 23.5 Å². The second-order valence-corrected chi connectivity index (χ2v) is 9.68. The SMILES string of the molecule is C=CCSc1ccccc1NC(=O)C1=NN(C2CCS(=O)(=O)C2)C(=O)CC1. The van der Waals surface area contributed by atoms with Gasteiger partial charge in [-0.3, -0.25) is 9.59 Å². The molecule has 2 aliphatic heterocycles. The molecule has 1 saturated heterocycles. The lowest BCUT2D eigenvalue weighted by atomic mass is 10.1. The Balaban J connectivity index is 1.76. The minimum Gasteiger partial charge on any atom is -0.320 e. The third-order valence-electron chi connectivity index (χ3n) is 4.37. The van der Waals surface area contributed by atoms with Crippen molar-refractivity contribution in [2.45, 2.75) is 30.2 Å². The van der Waals surface area contributed by atoms with Crippen LogP contribution in [-0.4, -0.2) is 54.3 Å². The summed E-state index contributed by atoms with van der Waals surface area (Å²) >= 11 is 1.55. The number of para-hydroxylation sites is 1. The molecular weight excluding hydrogens is 386 g/mol. The van der Waals surface area contributed by atoms with Gasteiger partial charge < -0.3 is 5.32 Å². The van der Waals surface area contributed by atoms with E-state index in [0.29, 0.717) is 17.9 Å². The minimum absolute atomic E-state index is 0.0480. The Morgan fingerprint density at radius 3 is 2.85 bits per heavy atom. The standard InChI is InChI=1S/C18H21N3O4S2/c1-2-10-26-16-6-4-3-5-14(16)19-18(23)15-7-8-17(22)21(20-15)13-9-11-27(24,25)12-13/h2-6,13H,1,7-12H2,(H,19,23). The third kappa shape index (κ3) is 4.78. The smallest absolute Gasteiger partial charge is 0.271 e. The molecule has 2 aliphatic rings. The molecule has 0 aromatic heterocycles. The van der Waals surface area contributed by atoms with Gasteiger partial charge in [0.15, 0.2) is 9.84 Å². The van der Waals surface area contributed by atoms with Crippen molar-refractivity contribution in [3.05, 3.63) is 36.9 Å². The first-order valence-corrected chi connectivity index (χ1v) is 11.4. The molecule has 3 rings (SSSR count). The number of sulfone groups is 1. The normalized spacial score (nSPS) is 21.6. The van der Waals surface area contributed by atoms with E-state index in [2.05, 4.69) is 17.0 Å². The molecule has 2 amide bonds. The van der Waals surface area contributed by atoms with Crippen molar-refractivity contribution < 1.29 is 18.0 Å². The van der Waals surface area contributed by atoms with Gasteiger partial charge in [-0.05, 0) is 18.6 Å². The molecule has 2 heterocycles. The van der Waals surface area contributed by atoms with E-state index < -0.39 is 15.9 Å². The summed E-state index contributed by atoms with van der Waals surface area (Å²) in [5.74, 6) is 0.0483. The number of carbonyl (C=O) groups is 2. The van der Waals surface area contributed by atoms with Gasteiger partial charge in [0.25, 0.3) is 5.91 Å². The molecule has 1 fully saturated rings. The minimum atomic E-state index is -3.14. The van der Waals surface area contributed by atoms with Crippen LogP contribution in [0.4, 0.5) is 5.69 Å². The van der Waals surface area contributed by atoms with E-state index in [9.17, 15) is 18.0 Å². The van der Waals surface area contributed by atoms with Gasteiger partial charge >= 0.3 is 0 Å². The molecule has 0 radical (unpaired) electrons. The summed E-state index contributed by atoms with van der Waals surface area (Å²) in [6, 6.07) is 6.95. The molecule has 0 bridgehead atoms. The largest absolute Gasteiger partial charge is 0.320 e. The Morgan fingerprint density at radius 2 is 2.15 bits per heavy atom. The Labute approximate surface area is 162 Å². The van der Waals surface area contributed by atoms with Crippen LogP contribution in [0.25, 0.3) is 0 Å². The van der Waals surface area contributed by atoms with Crippen molar-refractivity contribution in [3.8, 4) is 0 Å². The van der Waals surface area contributed by atoms with Crippen molar-refractivity contribution >= 4 is 44.8 Å². The third-order valence-corrected chi connectivity index (χ3v) is 7.19. The number of amides is 2. The summed E-state index contributed by atoms with van der Waals surface area (Å²) in [5, 5.41) is 8.25. The maximum atomic E-state index is 12.7.